The van der Waals surface area contributed by atoms with Gasteiger partial charge in [0.2, 0.25) is 0 Å². The standard InChI is InChI=1S/C22H23F3N8/c1-14(16-9-17(11-27-10-16)22(23,24)25)31-19-13-29-32-21(19)15(2)30-18-3-4-20(28-12-18)33-7-5-26-6-8-33/h3-4,9-13,26,30-31H,1-2,5-8H2,(H,29,32). The van der Waals surface area contributed by atoms with E-state index in [9.17, 15) is 13.2 Å². The fraction of sp³-hybridized carbons (Fsp3) is 0.227. The van der Waals surface area contributed by atoms with Crippen molar-refractivity contribution in [2.45, 2.75) is 6.18 Å². The van der Waals surface area contributed by atoms with Crippen LogP contribution in [-0.2, 0) is 6.18 Å². The molecule has 0 saturated carbocycles. The Hall–Kier alpha value is -3.86. The van der Waals surface area contributed by atoms with E-state index in [0.29, 0.717) is 17.1 Å². The smallest absolute Gasteiger partial charge is 0.354 e. The fourth-order valence-electron chi connectivity index (χ4n) is 3.38. The molecular formula is C22H23F3N8. The van der Waals surface area contributed by atoms with Crippen LogP contribution in [0.5, 0.6) is 0 Å². The molecule has 11 heteroatoms. The number of pyridine rings is 2. The van der Waals surface area contributed by atoms with Gasteiger partial charge in [0, 0.05) is 56.0 Å². The molecule has 0 amide bonds. The van der Waals surface area contributed by atoms with Gasteiger partial charge in [0.05, 0.1) is 28.8 Å². The maximum absolute atomic E-state index is 13.0. The van der Waals surface area contributed by atoms with E-state index in [2.05, 4.69) is 54.2 Å². The topological polar surface area (TPSA) is 93.8 Å². The van der Waals surface area contributed by atoms with E-state index in [1.54, 1.807) is 12.4 Å². The third-order valence-electron chi connectivity index (χ3n) is 5.11. The van der Waals surface area contributed by atoms with Crippen LogP contribution < -0.4 is 20.9 Å². The molecule has 0 spiro atoms. The van der Waals surface area contributed by atoms with Crippen LogP contribution in [0.3, 0.4) is 0 Å². The Balaban J connectivity index is 1.43. The molecule has 4 rings (SSSR count). The number of aromatic amines is 1. The van der Waals surface area contributed by atoms with Gasteiger partial charge in [-0.05, 0) is 18.2 Å². The largest absolute Gasteiger partial charge is 0.417 e. The first-order valence-corrected chi connectivity index (χ1v) is 10.2. The highest BCUT2D eigenvalue weighted by Crippen LogP contribution is 2.31. The highest BCUT2D eigenvalue weighted by Gasteiger charge is 2.31. The van der Waals surface area contributed by atoms with E-state index in [1.807, 2.05) is 12.1 Å². The molecule has 0 atom stereocenters. The summed E-state index contributed by atoms with van der Waals surface area (Å²) >= 11 is 0. The van der Waals surface area contributed by atoms with Gasteiger partial charge < -0.3 is 20.9 Å². The van der Waals surface area contributed by atoms with Crippen LogP contribution in [0.15, 0.2) is 56.1 Å². The number of anilines is 3. The number of halogens is 3. The number of hydrogen-bond donors (Lipinski definition) is 4. The zero-order chi connectivity index (χ0) is 23.4. The highest BCUT2D eigenvalue weighted by molar-refractivity contribution is 5.84. The van der Waals surface area contributed by atoms with Crippen molar-refractivity contribution in [3.63, 3.8) is 0 Å². The summed E-state index contributed by atoms with van der Waals surface area (Å²) in [5, 5.41) is 16.4. The van der Waals surface area contributed by atoms with Gasteiger partial charge >= 0.3 is 6.18 Å². The lowest BCUT2D eigenvalue weighted by Gasteiger charge is -2.28. The summed E-state index contributed by atoms with van der Waals surface area (Å²) in [4.78, 5) is 10.4. The van der Waals surface area contributed by atoms with Crippen LogP contribution in [0.1, 0.15) is 16.8 Å². The summed E-state index contributed by atoms with van der Waals surface area (Å²) in [6.07, 6.45) is 0.878. The average molecular weight is 456 g/mol. The van der Waals surface area contributed by atoms with Crippen LogP contribution >= 0.6 is 0 Å². The van der Waals surface area contributed by atoms with Gasteiger partial charge in [-0.2, -0.15) is 18.3 Å². The lowest BCUT2D eigenvalue weighted by atomic mass is 10.1. The summed E-state index contributed by atoms with van der Waals surface area (Å²) < 4.78 is 38.9. The number of nitrogens with zero attached hydrogens (tertiary/aromatic N) is 4. The molecule has 1 fully saturated rings. The maximum Gasteiger partial charge on any atom is 0.417 e. The molecule has 172 valence electrons. The first-order chi connectivity index (χ1) is 15.8. The van der Waals surface area contributed by atoms with E-state index < -0.39 is 11.7 Å². The number of rotatable bonds is 7. The second-order valence-electron chi connectivity index (χ2n) is 7.46. The van der Waals surface area contributed by atoms with Crippen molar-refractivity contribution in [3.8, 4) is 0 Å². The van der Waals surface area contributed by atoms with Gasteiger partial charge in [-0.1, -0.05) is 13.2 Å². The predicted octanol–water partition coefficient (Wildman–Crippen LogP) is 3.79. The molecule has 4 heterocycles. The van der Waals surface area contributed by atoms with E-state index in [-0.39, 0.29) is 11.3 Å². The van der Waals surface area contributed by atoms with E-state index in [1.165, 1.54) is 6.20 Å². The van der Waals surface area contributed by atoms with Crippen LogP contribution in [0.25, 0.3) is 11.4 Å². The van der Waals surface area contributed by atoms with Crippen LogP contribution in [0.2, 0.25) is 0 Å². The van der Waals surface area contributed by atoms with Gasteiger partial charge in [0.25, 0.3) is 0 Å². The predicted molar refractivity (Wildman–Crippen MR) is 122 cm³/mol. The number of hydrogen-bond acceptors (Lipinski definition) is 7. The second-order valence-corrected chi connectivity index (χ2v) is 7.46. The monoisotopic (exact) mass is 456 g/mol. The Labute approximate surface area is 188 Å². The van der Waals surface area contributed by atoms with Gasteiger partial charge in [0.15, 0.2) is 0 Å². The van der Waals surface area contributed by atoms with E-state index in [4.69, 9.17) is 0 Å². The molecule has 0 aromatic carbocycles. The lowest BCUT2D eigenvalue weighted by Crippen LogP contribution is -2.43. The zero-order valence-electron chi connectivity index (χ0n) is 17.7. The Morgan fingerprint density at radius 1 is 1.03 bits per heavy atom. The molecule has 33 heavy (non-hydrogen) atoms. The van der Waals surface area contributed by atoms with E-state index in [0.717, 1.165) is 49.9 Å². The van der Waals surface area contributed by atoms with Crippen LogP contribution in [0, 0.1) is 0 Å². The maximum atomic E-state index is 13.0. The summed E-state index contributed by atoms with van der Waals surface area (Å²) in [5.41, 5.74) is 1.77. The molecule has 0 bridgehead atoms. The summed E-state index contributed by atoms with van der Waals surface area (Å²) in [6.45, 7) is 11.5. The van der Waals surface area contributed by atoms with Crippen molar-refractivity contribution >= 4 is 28.6 Å². The molecule has 3 aromatic rings. The molecule has 1 aliphatic heterocycles. The van der Waals surface area contributed by atoms with Gasteiger partial charge in [0.1, 0.15) is 11.5 Å². The van der Waals surface area contributed by atoms with Gasteiger partial charge in [-0.25, -0.2) is 4.98 Å². The Morgan fingerprint density at radius 3 is 2.52 bits per heavy atom. The van der Waals surface area contributed by atoms with Crippen LogP contribution in [0.4, 0.5) is 30.4 Å². The number of H-pyrrole nitrogens is 1. The Kier molecular flexibility index (Phi) is 6.31. The minimum absolute atomic E-state index is 0.211. The first-order valence-electron chi connectivity index (χ1n) is 10.2. The SMILES string of the molecule is C=C(Nc1c[nH]nc1C(=C)Nc1ccc(N2CCNCC2)nc1)c1cncc(C(F)(F)F)c1. The van der Waals surface area contributed by atoms with Crippen molar-refractivity contribution in [3.05, 3.63) is 73.0 Å². The van der Waals surface area contributed by atoms with Crippen molar-refractivity contribution < 1.29 is 13.2 Å². The normalized spacial score (nSPS) is 14.1. The molecule has 3 aromatic heterocycles. The third kappa shape index (κ3) is 5.32. The Bertz CT molecular complexity index is 1130. The quantitative estimate of drug-likeness (QED) is 0.430. The van der Waals surface area contributed by atoms with E-state index >= 15 is 0 Å². The summed E-state index contributed by atoms with van der Waals surface area (Å²) in [5.74, 6) is 0.904. The molecule has 8 nitrogen and oxygen atoms in total. The first kappa shape index (κ1) is 22.3. The molecule has 1 aliphatic rings. The van der Waals surface area contributed by atoms with Crippen molar-refractivity contribution in [1.29, 1.82) is 0 Å². The minimum Gasteiger partial charge on any atom is -0.354 e. The number of aromatic nitrogens is 4. The van der Waals surface area contributed by atoms with Gasteiger partial charge in [-0.3, -0.25) is 10.1 Å². The molecule has 1 saturated heterocycles. The fourth-order valence-corrected chi connectivity index (χ4v) is 3.38. The Morgan fingerprint density at radius 2 is 1.82 bits per heavy atom. The number of alkyl halides is 3. The van der Waals surface area contributed by atoms with Gasteiger partial charge in [-0.15, -0.1) is 0 Å². The second kappa shape index (κ2) is 9.33. The molecule has 0 aliphatic carbocycles. The average Bonchev–Trinajstić information content (AvgIpc) is 3.28. The molecule has 4 N–H and O–H groups in total. The summed E-state index contributed by atoms with van der Waals surface area (Å²) in [7, 11) is 0. The molecular weight excluding hydrogens is 433 g/mol. The highest BCUT2D eigenvalue weighted by atomic mass is 19.4. The lowest BCUT2D eigenvalue weighted by molar-refractivity contribution is -0.137. The molecule has 0 unspecified atom stereocenters. The number of piperazine rings is 1. The minimum atomic E-state index is -4.49. The number of nitrogens with one attached hydrogen (secondary N) is 4. The summed E-state index contributed by atoms with van der Waals surface area (Å²) in [6, 6.07) is 4.83. The van der Waals surface area contributed by atoms with Crippen molar-refractivity contribution in [2.75, 3.05) is 41.7 Å². The third-order valence-corrected chi connectivity index (χ3v) is 5.11. The van der Waals surface area contributed by atoms with Crippen LogP contribution in [-0.4, -0.2) is 46.3 Å². The van der Waals surface area contributed by atoms with Crippen molar-refractivity contribution in [2.24, 2.45) is 0 Å². The molecule has 0 radical (unpaired) electrons. The zero-order valence-corrected chi connectivity index (χ0v) is 17.7. The van der Waals surface area contributed by atoms with Crippen molar-refractivity contribution in [1.82, 2.24) is 25.5 Å².